The molecule has 4 aromatic rings. The predicted molar refractivity (Wildman–Crippen MR) is 163 cm³/mol. The molecule has 1 saturated heterocycles. The highest BCUT2D eigenvalue weighted by molar-refractivity contribution is 7.92. The van der Waals surface area contributed by atoms with Gasteiger partial charge in [0, 0.05) is 55.8 Å². The molecule has 0 radical (unpaired) electrons. The Labute approximate surface area is 251 Å². The van der Waals surface area contributed by atoms with Crippen molar-refractivity contribution in [1.29, 1.82) is 0 Å². The van der Waals surface area contributed by atoms with E-state index in [4.69, 9.17) is 4.74 Å². The molecule has 10 nitrogen and oxygen atoms in total. The Kier molecular flexibility index (Phi) is 7.76. The SMILES string of the molecule is Cc1cccc(C)c1-c1cc2nc(n1)NS(=O)(=O)c1cccc(c1)C(=O)N1CCN(Cc3cccc(O)c3)C[C@@H]1CCO2. The van der Waals surface area contributed by atoms with Crippen molar-refractivity contribution in [3.8, 4) is 22.9 Å². The normalized spacial score (nSPS) is 18.6. The molecule has 2 aliphatic rings. The fourth-order valence-corrected chi connectivity index (χ4v) is 6.81. The molecular weight excluding hydrogens is 566 g/mol. The Bertz CT molecular complexity index is 1770. The third kappa shape index (κ3) is 6.18. The fourth-order valence-electron chi connectivity index (χ4n) is 5.82. The lowest BCUT2D eigenvalue weighted by atomic mass is 10.00. The second-order valence-electron chi connectivity index (χ2n) is 11.0. The van der Waals surface area contributed by atoms with Gasteiger partial charge in [-0.05, 0) is 60.9 Å². The van der Waals surface area contributed by atoms with Gasteiger partial charge < -0.3 is 14.7 Å². The first-order chi connectivity index (χ1) is 20.7. The topological polar surface area (TPSA) is 125 Å². The lowest BCUT2D eigenvalue weighted by molar-refractivity contribution is 0.0387. The van der Waals surface area contributed by atoms with Gasteiger partial charge in [0.2, 0.25) is 11.8 Å². The molecule has 2 aliphatic heterocycles. The van der Waals surface area contributed by atoms with Crippen molar-refractivity contribution in [2.75, 3.05) is 31.0 Å². The molecule has 0 saturated carbocycles. The monoisotopic (exact) mass is 599 g/mol. The van der Waals surface area contributed by atoms with Crippen molar-refractivity contribution in [3.63, 3.8) is 0 Å². The van der Waals surface area contributed by atoms with Crippen LogP contribution in [0.25, 0.3) is 11.3 Å². The van der Waals surface area contributed by atoms with E-state index in [0.717, 1.165) is 22.3 Å². The standard InChI is InChI=1S/C32H33N5O5S/c1-21-6-3-7-22(2)30(21)28-18-29-34-32(33-28)35-43(40,41)27-11-5-9-24(17-27)31(39)37-14-13-36(20-25(37)12-15-42-29)19-23-8-4-10-26(38)16-23/h3-11,16-18,25,38H,12-15,19-20H2,1-2H3,(H,33,34,35)/t25-/m0/s1. The number of aryl methyl sites for hydroxylation is 2. The van der Waals surface area contributed by atoms with Crippen LogP contribution in [0.1, 0.15) is 33.5 Å². The van der Waals surface area contributed by atoms with Gasteiger partial charge in [-0.2, -0.15) is 4.98 Å². The number of hydrogen-bond donors (Lipinski definition) is 2. The number of aromatic hydroxyl groups is 1. The average molecular weight is 600 g/mol. The zero-order valence-electron chi connectivity index (χ0n) is 24.0. The molecule has 2 N–H and O–H groups in total. The summed E-state index contributed by atoms with van der Waals surface area (Å²) in [5, 5.41) is 9.92. The third-order valence-electron chi connectivity index (χ3n) is 7.90. The Morgan fingerprint density at radius 2 is 1.74 bits per heavy atom. The number of hydrogen-bond acceptors (Lipinski definition) is 8. The summed E-state index contributed by atoms with van der Waals surface area (Å²) in [4.78, 5) is 26.7. The Morgan fingerprint density at radius 1 is 0.977 bits per heavy atom. The van der Waals surface area contributed by atoms with E-state index in [1.165, 1.54) is 12.1 Å². The van der Waals surface area contributed by atoms with Gasteiger partial charge in [-0.15, -0.1) is 0 Å². The quantitative estimate of drug-likeness (QED) is 0.356. The van der Waals surface area contributed by atoms with E-state index in [9.17, 15) is 18.3 Å². The fraction of sp³-hybridized carbons (Fsp3) is 0.281. The number of rotatable bonds is 3. The van der Waals surface area contributed by atoms with Gasteiger partial charge in [0.1, 0.15) is 5.75 Å². The van der Waals surface area contributed by atoms with Crippen molar-refractivity contribution in [1.82, 2.24) is 19.8 Å². The van der Waals surface area contributed by atoms with Crippen LogP contribution < -0.4 is 9.46 Å². The summed E-state index contributed by atoms with van der Waals surface area (Å²) in [6.45, 7) is 6.52. The van der Waals surface area contributed by atoms with Crippen molar-refractivity contribution in [2.24, 2.45) is 0 Å². The van der Waals surface area contributed by atoms with Crippen molar-refractivity contribution in [2.45, 2.75) is 37.8 Å². The number of benzene rings is 3. The predicted octanol–water partition coefficient (Wildman–Crippen LogP) is 4.38. The highest BCUT2D eigenvalue weighted by atomic mass is 32.2. The highest BCUT2D eigenvalue weighted by Gasteiger charge is 2.32. The number of aromatic nitrogens is 2. The van der Waals surface area contributed by atoms with Crippen LogP contribution in [0, 0.1) is 13.8 Å². The minimum absolute atomic E-state index is 0.0574. The van der Waals surface area contributed by atoms with Gasteiger partial charge in [0.25, 0.3) is 15.9 Å². The maximum Gasteiger partial charge on any atom is 0.264 e. The van der Waals surface area contributed by atoms with Gasteiger partial charge in [-0.25, -0.2) is 18.1 Å². The zero-order chi connectivity index (χ0) is 30.1. The summed E-state index contributed by atoms with van der Waals surface area (Å²) < 4.78 is 35.6. The first kappa shape index (κ1) is 28.6. The summed E-state index contributed by atoms with van der Waals surface area (Å²) in [5.74, 6) is 0.108. The molecular formula is C32H33N5O5S. The van der Waals surface area contributed by atoms with Crippen LogP contribution >= 0.6 is 0 Å². The molecule has 11 heteroatoms. The first-order valence-corrected chi connectivity index (χ1v) is 15.7. The van der Waals surface area contributed by atoms with Crippen LogP contribution in [0.5, 0.6) is 11.6 Å². The minimum Gasteiger partial charge on any atom is -0.508 e. The number of phenolic OH excluding ortho intramolecular Hbond substituents is 1. The molecule has 43 heavy (non-hydrogen) atoms. The molecule has 1 fully saturated rings. The van der Waals surface area contributed by atoms with Crippen molar-refractivity contribution >= 4 is 21.9 Å². The summed E-state index contributed by atoms with van der Waals surface area (Å²) in [6, 6.07) is 20.7. The number of nitrogens with zero attached hydrogens (tertiary/aromatic N) is 4. The van der Waals surface area contributed by atoms with Crippen LogP contribution in [0.2, 0.25) is 0 Å². The van der Waals surface area contributed by atoms with Gasteiger partial charge in [0.15, 0.2) is 0 Å². The molecule has 0 unspecified atom stereocenters. The Hall–Kier alpha value is -4.48. The molecule has 0 aliphatic carbocycles. The van der Waals surface area contributed by atoms with Gasteiger partial charge in [-0.1, -0.05) is 36.4 Å². The van der Waals surface area contributed by atoms with E-state index in [2.05, 4.69) is 19.6 Å². The van der Waals surface area contributed by atoms with Gasteiger partial charge >= 0.3 is 0 Å². The largest absolute Gasteiger partial charge is 0.508 e. The minimum atomic E-state index is -4.12. The summed E-state index contributed by atoms with van der Waals surface area (Å²) in [7, 11) is -4.12. The van der Waals surface area contributed by atoms with Crippen molar-refractivity contribution in [3.05, 3.63) is 95.1 Å². The maximum atomic E-state index is 13.8. The number of nitrogens with one attached hydrogen (secondary N) is 1. The van der Waals surface area contributed by atoms with E-state index in [0.29, 0.717) is 38.3 Å². The number of amides is 1. The Balaban J connectivity index is 1.37. The summed E-state index contributed by atoms with van der Waals surface area (Å²) in [5.41, 5.74) is 4.68. The third-order valence-corrected chi connectivity index (χ3v) is 9.23. The number of carbonyl (C=O) groups excluding carboxylic acids is 1. The highest BCUT2D eigenvalue weighted by Crippen LogP contribution is 2.30. The van der Waals surface area contributed by atoms with Crippen molar-refractivity contribution < 1.29 is 23.1 Å². The van der Waals surface area contributed by atoms with E-state index < -0.39 is 10.0 Å². The number of sulfonamides is 1. The molecule has 1 atom stereocenters. The molecule has 1 aromatic heterocycles. The van der Waals surface area contributed by atoms with Gasteiger partial charge in [-0.3, -0.25) is 9.69 Å². The number of ether oxygens (including phenoxy) is 1. The molecule has 0 spiro atoms. The van der Waals surface area contributed by atoms with E-state index >= 15 is 0 Å². The average Bonchev–Trinajstić information content (AvgIpc) is 2.96. The number of piperazine rings is 1. The van der Waals surface area contributed by atoms with Crippen LogP contribution in [0.4, 0.5) is 5.95 Å². The zero-order valence-corrected chi connectivity index (χ0v) is 24.8. The smallest absolute Gasteiger partial charge is 0.264 e. The van der Waals surface area contributed by atoms with Crippen LogP contribution in [0.3, 0.4) is 0 Å². The number of phenols is 1. The number of anilines is 1. The molecule has 4 bridgehead atoms. The first-order valence-electron chi connectivity index (χ1n) is 14.2. The molecule has 6 rings (SSSR count). The van der Waals surface area contributed by atoms with E-state index in [-0.39, 0.29) is 46.6 Å². The van der Waals surface area contributed by atoms with E-state index in [1.807, 2.05) is 44.2 Å². The van der Waals surface area contributed by atoms with E-state index in [1.54, 1.807) is 35.2 Å². The second-order valence-corrected chi connectivity index (χ2v) is 12.7. The molecule has 3 aromatic carbocycles. The van der Waals surface area contributed by atoms with Crippen LogP contribution in [0.15, 0.2) is 77.7 Å². The lowest BCUT2D eigenvalue weighted by Gasteiger charge is -2.41. The number of fused-ring (bicyclic) bond motifs is 5. The van der Waals surface area contributed by atoms with Gasteiger partial charge in [0.05, 0.1) is 17.2 Å². The Morgan fingerprint density at radius 3 is 2.53 bits per heavy atom. The molecule has 222 valence electrons. The second kappa shape index (κ2) is 11.7. The summed E-state index contributed by atoms with van der Waals surface area (Å²) >= 11 is 0. The summed E-state index contributed by atoms with van der Waals surface area (Å²) in [6.07, 6.45) is 0.533. The molecule has 1 amide bonds. The molecule has 3 heterocycles. The number of carbonyl (C=O) groups is 1. The maximum absolute atomic E-state index is 13.8. The van der Waals surface area contributed by atoms with Crippen LogP contribution in [-0.2, 0) is 16.6 Å². The van der Waals surface area contributed by atoms with Crippen LogP contribution in [-0.4, -0.2) is 71.5 Å². The lowest BCUT2D eigenvalue weighted by Crippen LogP contribution is -2.55.